The lowest BCUT2D eigenvalue weighted by Crippen LogP contribution is -2.16. The Hall–Kier alpha value is -4.74. The van der Waals surface area contributed by atoms with E-state index in [0.717, 1.165) is 18.3 Å². The van der Waals surface area contributed by atoms with E-state index in [0.29, 0.717) is 16.3 Å². The molecule has 166 valence electrons. The Bertz CT molecular complexity index is 1450. The van der Waals surface area contributed by atoms with E-state index in [-0.39, 0.29) is 28.0 Å². The Morgan fingerprint density at radius 3 is 2.61 bits per heavy atom. The average Bonchev–Trinajstić information content (AvgIpc) is 3.11. The Kier molecular flexibility index (Phi) is 5.26. The van der Waals surface area contributed by atoms with Crippen LogP contribution in [-0.2, 0) is 0 Å². The largest absolute Gasteiger partial charge is 0.463 e. The number of nitrogens with one attached hydrogen (secondary N) is 1. The molecule has 2 aromatic carbocycles. The number of nitro benzene ring substituents is 1. The predicted octanol–water partition coefficient (Wildman–Crippen LogP) is 4.37. The number of benzene rings is 2. The van der Waals surface area contributed by atoms with Crippen LogP contribution in [0, 0.1) is 28.7 Å². The highest BCUT2D eigenvalue weighted by Gasteiger charge is 2.24. The van der Waals surface area contributed by atoms with E-state index < -0.39 is 39.8 Å². The number of fused-ring (bicyclic) bond motifs is 1. The number of hydrogen-bond donors (Lipinski definition) is 2. The Morgan fingerprint density at radius 1 is 1.18 bits per heavy atom. The number of nitrogens with zero attached hydrogens (tertiary/aromatic N) is 4. The summed E-state index contributed by atoms with van der Waals surface area (Å²) >= 11 is 0. The number of carbonyl (C=O) groups excluding carboxylic acids is 1. The molecule has 0 aliphatic carbocycles. The molecule has 4 rings (SSSR count). The topological polar surface area (TPSA) is 140 Å². The van der Waals surface area contributed by atoms with Gasteiger partial charge in [-0.3, -0.25) is 19.9 Å². The van der Waals surface area contributed by atoms with E-state index in [1.165, 1.54) is 18.2 Å². The van der Waals surface area contributed by atoms with Crippen LogP contribution >= 0.6 is 0 Å². The molecule has 0 saturated carbocycles. The van der Waals surface area contributed by atoms with Crippen LogP contribution in [0.25, 0.3) is 22.2 Å². The molecule has 1 amide bonds. The lowest BCUT2D eigenvalue weighted by Gasteiger charge is -2.07. The monoisotopic (exact) mass is 453 g/mol. The van der Waals surface area contributed by atoms with E-state index in [2.05, 4.69) is 15.4 Å². The zero-order valence-corrected chi connectivity index (χ0v) is 16.7. The van der Waals surface area contributed by atoms with E-state index in [1.54, 1.807) is 13.0 Å². The predicted molar refractivity (Wildman–Crippen MR) is 112 cm³/mol. The standard InChI is InChI=1S/C21H13F2N5O5/c1-10-3-2-4-14(23)18(10)15-8-13-17(9-24-15)27(21(30)31)26-19(13)25-20(29)12-6-5-11(22)7-16(12)28(32)33/h2-9H,1H3,(H,30,31)(H,25,26,29). The van der Waals surface area contributed by atoms with Crippen LogP contribution in [0.15, 0.2) is 48.7 Å². The fourth-order valence-corrected chi connectivity index (χ4v) is 3.37. The van der Waals surface area contributed by atoms with Crippen LogP contribution in [-0.4, -0.2) is 36.8 Å². The van der Waals surface area contributed by atoms with Crippen molar-refractivity contribution in [2.24, 2.45) is 0 Å². The maximum absolute atomic E-state index is 14.4. The Labute approximate surface area is 183 Å². The molecule has 2 heterocycles. The molecule has 0 atom stereocenters. The average molecular weight is 453 g/mol. The molecule has 0 bridgehead atoms. The van der Waals surface area contributed by atoms with Crippen LogP contribution in [0.5, 0.6) is 0 Å². The molecular weight excluding hydrogens is 440 g/mol. The first-order chi connectivity index (χ1) is 15.7. The Balaban J connectivity index is 1.85. The minimum Gasteiger partial charge on any atom is -0.463 e. The fraction of sp³-hybridized carbons (Fsp3) is 0.0476. The van der Waals surface area contributed by atoms with Crippen molar-refractivity contribution in [1.82, 2.24) is 14.8 Å². The molecule has 0 fully saturated rings. The molecule has 4 aromatic rings. The maximum atomic E-state index is 14.4. The number of aromatic nitrogens is 3. The van der Waals surface area contributed by atoms with Gasteiger partial charge in [-0.05, 0) is 36.8 Å². The van der Waals surface area contributed by atoms with Gasteiger partial charge >= 0.3 is 6.09 Å². The number of amides is 1. The van der Waals surface area contributed by atoms with Crippen molar-refractivity contribution in [2.45, 2.75) is 6.92 Å². The number of hydrogen-bond acceptors (Lipinski definition) is 6. The van der Waals surface area contributed by atoms with E-state index in [9.17, 15) is 33.6 Å². The van der Waals surface area contributed by atoms with Crippen molar-refractivity contribution < 1.29 is 28.4 Å². The first-order valence-corrected chi connectivity index (χ1v) is 9.30. The van der Waals surface area contributed by atoms with Gasteiger partial charge in [0, 0.05) is 10.9 Å². The van der Waals surface area contributed by atoms with E-state index in [4.69, 9.17) is 0 Å². The molecule has 2 aromatic heterocycles. The molecule has 33 heavy (non-hydrogen) atoms. The first-order valence-electron chi connectivity index (χ1n) is 9.30. The molecule has 0 radical (unpaired) electrons. The number of nitro groups is 1. The van der Waals surface area contributed by atoms with Crippen molar-refractivity contribution in [1.29, 1.82) is 0 Å². The number of pyridine rings is 1. The van der Waals surface area contributed by atoms with Gasteiger partial charge in [-0.2, -0.15) is 4.68 Å². The third kappa shape index (κ3) is 3.84. The van der Waals surface area contributed by atoms with E-state index in [1.807, 2.05) is 0 Å². The van der Waals surface area contributed by atoms with Gasteiger partial charge in [0.2, 0.25) is 0 Å². The van der Waals surface area contributed by atoms with Crippen LogP contribution in [0.3, 0.4) is 0 Å². The molecule has 12 heteroatoms. The van der Waals surface area contributed by atoms with Gasteiger partial charge in [-0.25, -0.2) is 13.6 Å². The summed E-state index contributed by atoms with van der Waals surface area (Å²) in [7, 11) is 0. The van der Waals surface area contributed by atoms with Gasteiger partial charge in [-0.1, -0.05) is 12.1 Å². The summed E-state index contributed by atoms with van der Waals surface area (Å²) in [6, 6.07) is 8.17. The zero-order chi connectivity index (χ0) is 23.9. The summed E-state index contributed by atoms with van der Waals surface area (Å²) in [6.07, 6.45) is -0.321. The molecule has 2 N–H and O–H groups in total. The third-order valence-electron chi connectivity index (χ3n) is 4.86. The fourth-order valence-electron chi connectivity index (χ4n) is 3.37. The number of carboxylic acid groups (broad SMARTS) is 1. The SMILES string of the molecule is Cc1cccc(F)c1-c1cc2c(NC(=O)c3ccc(F)cc3[N+](=O)[O-])nn(C(=O)O)c2cn1. The minimum atomic E-state index is -1.48. The zero-order valence-electron chi connectivity index (χ0n) is 16.7. The maximum Gasteiger partial charge on any atom is 0.432 e. The van der Waals surface area contributed by atoms with Crippen LogP contribution < -0.4 is 5.32 Å². The smallest absolute Gasteiger partial charge is 0.432 e. The van der Waals surface area contributed by atoms with Gasteiger partial charge in [0.25, 0.3) is 11.6 Å². The second-order valence-electron chi connectivity index (χ2n) is 6.93. The molecule has 0 saturated heterocycles. The van der Waals surface area contributed by atoms with Crippen molar-refractivity contribution in [3.8, 4) is 11.3 Å². The Morgan fingerprint density at radius 2 is 1.94 bits per heavy atom. The lowest BCUT2D eigenvalue weighted by atomic mass is 10.0. The highest BCUT2D eigenvalue weighted by Crippen LogP contribution is 2.31. The summed E-state index contributed by atoms with van der Waals surface area (Å²) in [4.78, 5) is 38.8. The number of aryl methyl sites for hydroxylation is 1. The van der Waals surface area contributed by atoms with Gasteiger partial charge in [0.05, 0.1) is 22.9 Å². The number of rotatable bonds is 4. The van der Waals surface area contributed by atoms with Gasteiger partial charge in [0.1, 0.15) is 22.7 Å². The van der Waals surface area contributed by atoms with Crippen molar-refractivity contribution in [2.75, 3.05) is 5.32 Å². The minimum absolute atomic E-state index is 0.0100. The van der Waals surface area contributed by atoms with Crippen molar-refractivity contribution >= 4 is 34.4 Å². The van der Waals surface area contributed by atoms with Gasteiger partial charge in [0.15, 0.2) is 5.82 Å². The third-order valence-corrected chi connectivity index (χ3v) is 4.86. The number of halogens is 2. The first kappa shape index (κ1) is 21.5. The number of carbonyl (C=O) groups is 2. The normalized spacial score (nSPS) is 10.9. The molecular formula is C21H13F2N5O5. The molecule has 0 unspecified atom stereocenters. The summed E-state index contributed by atoms with van der Waals surface area (Å²) in [5.74, 6) is -2.73. The molecule has 0 aliphatic rings. The molecule has 0 aliphatic heterocycles. The van der Waals surface area contributed by atoms with Crippen molar-refractivity contribution in [3.63, 3.8) is 0 Å². The van der Waals surface area contributed by atoms with Gasteiger partial charge in [-0.15, -0.1) is 5.10 Å². The second kappa shape index (κ2) is 8.07. The van der Waals surface area contributed by atoms with Crippen LogP contribution in [0.1, 0.15) is 15.9 Å². The highest BCUT2D eigenvalue weighted by atomic mass is 19.1. The summed E-state index contributed by atoms with van der Waals surface area (Å²) in [5, 5.41) is 26.9. The summed E-state index contributed by atoms with van der Waals surface area (Å²) in [6.45, 7) is 1.67. The van der Waals surface area contributed by atoms with Crippen LogP contribution in [0.4, 0.5) is 25.1 Å². The molecule has 0 spiro atoms. The highest BCUT2D eigenvalue weighted by molar-refractivity contribution is 6.10. The van der Waals surface area contributed by atoms with Gasteiger partial charge < -0.3 is 10.4 Å². The quantitative estimate of drug-likeness (QED) is 0.345. The summed E-state index contributed by atoms with van der Waals surface area (Å²) < 4.78 is 28.4. The van der Waals surface area contributed by atoms with Crippen LogP contribution in [0.2, 0.25) is 0 Å². The van der Waals surface area contributed by atoms with Crippen molar-refractivity contribution in [3.05, 3.63) is 81.5 Å². The molecule has 10 nitrogen and oxygen atoms in total. The second-order valence-corrected chi connectivity index (χ2v) is 6.93. The number of anilines is 1. The lowest BCUT2D eigenvalue weighted by molar-refractivity contribution is -0.385. The van der Waals surface area contributed by atoms with E-state index >= 15 is 0 Å². The summed E-state index contributed by atoms with van der Waals surface area (Å²) in [5.41, 5.74) is -0.346.